The van der Waals surface area contributed by atoms with E-state index in [1.165, 1.54) is 4.57 Å². The Morgan fingerprint density at radius 2 is 1.84 bits per heavy atom. The fourth-order valence-electron chi connectivity index (χ4n) is 2.97. The predicted octanol–water partition coefficient (Wildman–Crippen LogP) is 2.18. The number of likely N-dealkylation sites (N-methyl/N-ethyl adjacent to an activating group) is 1. The van der Waals surface area contributed by atoms with Crippen LogP contribution in [0.2, 0.25) is 0 Å². The van der Waals surface area contributed by atoms with E-state index in [1.54, 1.807) is 36.2 Å². The lowest BCUT2D eigenvalue weighted by Crippen LogP contribution is -2.36. The van der Waals surface area contributed by atoms with Gasteiger partial charge in [-0.25, -0.2) is 4.79 Å². The maximum atomic E-state index is 12.7. The molecular formula is C19H20N2O4. The Morgan fingerprint density at radius 1 is 1.16 bits per heavy atom. The van der Waals surface area contributed by atoms with E-state index in [9.17, 15) is 14.7 Å². The molecule has 0 spiro atoms. The zero-order valence-corrected chi connectivity index (χ0v) is 14.0. The van der Waals surface area contributed by atoms with Gasteiger partial charge >= 0.3 is 5.76 Å². The minimum absolute atomic E-state index is 0.0359. The summed E-state index contributed by atoms with van der Waals surface area (Å²) in [7, 11) is 1.68. The summed E-state index contributed by atoms with van der Waals surface area (Å²) in [5.74, 6) is -0.780. The molecule has 0 aliphatic heterocycles. The molecule has 1 unspecified atom stereocenters. The van der Waals surface area contributed by atoms with E-state index < -0.39 is 5.76 Å². The number of amides is 1. The van der Waals surface area contributed by atoms with Crippen molar-refractivity contribution in [1.29, 1.82) is 0 Å². The van der Waals surface area contributed by atoms with E-state index >= 15 is 0 Å². The van der Waals surface area contributed by atoms with Crippen LogP contribution in [0.3, 0.4) is 0 Å². The van der Waals surface area contributed by atoms with Crippen molar-refractivity contribution in [3.8, 4) is 0 Å². The molecule has 2 aromatic carbocycles. The normalized spacial score (nSPS) is 12.2. The van der Waals surface area contributed by atoms with Gasteiger partial charge in [0.05, 0.1) is 11.6 Å². The number of carbonyl (C=O) groups is 1. The van der Waals surface area contributed by atoms with Gasteiger partial charge in [0.25, 0.3) is 0 Å². The highest BCUT2D eigenvalue weighted by Gasteiger charge is 2.23. The van der Waals surface area contributed by atoms with Gasteiger partial charge in [-0.3, -0.25) is 9.36 Å². The number of nitrogens with zero attached hydrogens (tertiary/aromatic N) is 2. The third-order valence-corrected chi connectivity index (χ3v) is 4.31. The fourth-order valence-corrected chi connectivity index (χ4v) is 2.97. The van der Waals surface area contributed by atoms with Gasteiger partial charge in [-0.2, -0.15) is 0 Å². The molecule has 0 saturated heterocycles. The number of carbonyl (C=O) groups excluding carboxylic acids is 1. The van der Waals surface area contributed by atoms with Crippen LogP contribution in [-0.4, -0.2) is 34.1 Å². The molecule has 6 nitrogen and oxygen atoms in total. The lowest BCUT2D eigenvalue weighted by molar-refractivity contribution is -0.133. The topological polar surface area (TPSA) is 75.7 Å². The summed E-state index contributed by atoms with van der Waals surface area (Å²) in [4.78, 5) is 26.4. The lowest BCUT2D eigenvalue weighted by Gasteiger charge is -2.28. The van der Waals surface area contributed by atoms with Gasteiger partial charge in [0.2, 0.25) is 5.91 Å². The Labute approximate surface area is 144 Å². The number of hydrogen-bond donors (Lipinski definition) is 1. The van der Waals surface area contributed by atoms with Crippen molar-refractivity contribution in [3.05, 3.63) is 70.7 Å². The van der Waals surface area contributed by atoms with Crippen LogP contribution in [-0.2, 0) is 11.3 Å². The van der Waals surface area contributed by atoms with Crippen molar-refractivity contribution in [2.24, 2.45) is 0 Å². The fraction of sp³-hybridized carbons (Fsp3) is 0.263. The number of aliphatic hydroxyl groups is 1. The number of aromatic nitrogens is 1. The number of benzene rings is 2. The van der Waals surface area contributed by atoms with Crippen molar-refractivity contribution in [3.63, 3.8) is 0 Å². The molecule has 1 N–H and O–H groups in total. The molecule has 0 saturated carbocycles. The molecule has 6 heteroatoms. The Hall–Kier alpha value is -2.86. The Kier molecular flexibility index (Phi) is 5.00. The summed E-state index contributed by atoms with van der Waals surface area (Å²) in [6, 6.07) is 16.3. The van der Waals surface area contributed by atoms with E-state index in [4.69, 9.17) is 4.42 Å². The van der Waals surface area contributed by atoms with Gasteiger partial charge in [-0.15, -0.1) is 0 Å². The van der Waals surface area contributed by atoms with Crippen LogP contribution in [0.4, 0.5) is 0 Å². The molecule has 1 atom stereocenters. The molecule has 0 fully saturated rings. The molecule has 0 aliphatic rings. The number of fused-ring (bicyclic) bond motifs is 1. The molecule has 0 aliphatic carbocycles. The Morgan fingerprint density at radius 3 is 2.56 bits per heavy atom. The van der Waals surface area contributed by atoms with E-state index in [1.807, 2.05) is 30.3 Å². The second kappa shape index (κ2) is 7.36. The molecule has 25 heavy (non-hydrogen) atoms. The maximum Gasteiger partial charge on any atom is 0.420 e. The van der Waals surface area contributed by atoms with Gasteiger partial charge in [0.15, 0.2) is 5.58 Å². The minimum Gasteiger partial charge on any atom is -0.408 e. The standard InChI is InChI=1S/C19H20N2O4/c1-20(15(11-12-22)14-7-3-2-4-8-14)18(23)13-21-16-9-5-6-10-17(16)25-19(21)24/h2-10,15,22H,11-13H2,1H3. The monoisotopic (exact) mass is 340 g/mol. The Balaban J connectivity index is 1.86. The van der Waals surface area contributed by atoms with E-state index in [0.717, 1.165) is 5.56 Å². The highest BCUT2D eigenvalue weighted by atomic mass is 16.4. The quantitative estimate of drug-likeness (QED) is 0.746. The summed E-state index contributed by atoms with van der Waals surface area (Å²) in [6.45, 7) is -0.146. The van der Waals surface area contributed by atoms with Crippen molar-refractivity contribution < 1.29 is 14.3 Å². The first-order valence-corrected chi connectivity index (χ1v) is 8.11. The highest BCUT2D eigenvalue weighted by molar-refractivity contribution is 5.79. The average Bonchev–Trinajstić information content (AvgIpc) is 2.95. The van der Waals surface area contributed by atoms with E-state index in [-0.39, 0.29) is 25.1 Å². The van der Waals surface area contributed by atoms with Gasteiger partial charge in [-0.1, -0.05) is 42.5 Å². The first kappa shape index (κ1) is 17.0. The molecule has 0 bridgehead atoms. The number of oxazole rings is 1. The molecular weight excluding hydrogens is 320 g/mol. The number of rotatable bonds is 6. The van der Waals surface area contributed by atoms with Crippen molar-refractivity contribution in [2.45, 2.75) is 19.0 Å². The van der Waals surface area contributed by atoms with Crippen molar-refractivity contribution in [2.75, 3.05) is 13.7 Å². The smallest absolute Gasteiger partial charge is 0.408 e. The predicted molar refractivity (Wildman–Crippen MR) is 94.1 cm³/mol. The number of para-hydroxylation sites is 2. The third-order valence-electron chi connectivity index (χ3n) is 4.31. The second-order valence-electron chi connectivity index (χ2n) is 5.87. The summed E-state index contributed by atoms with van der Waals surface area (Å²) in [6.07, 6.45) is 0.424. The average molecular weight is 340 g/mol. The first-order chi connectivity index (χ1) is 12.1. The molecule has 130 valence electrons. The van der Waals surface area contributed by atoms with Gasteiger partial charge in [-0.05, 0) is 24.1 Å². The van der Waals surface area contributed by atoms with Gasteiger partial charge in [0, 0.05) is 13.7 Å². The van der Waals surface area contributed by atoms with E-state index in [2.05, 4.69) is 0 Å². The lowest BCUT2D eigenvalue weighted by atomic mass is 10.0. The van der Waals surface area contributed by atoms with Crippen LogP contribution >= 0.6 is 0 Å². The Bertz CT molecular complexity index is 914. The SMILES string of the molecule is CN(C(=O)Cn1c(=O)oc2ccccc21)C(CCO)c1ccccc1. The van der Waals surface area contributed by atoms with Crippen LogP contribution in [0.25, 0.3) is 11.1 Å². The first-order valence-electron chi connectivity index (χ1n) is 8.11. The highest BCUT2D eigenvalue weighted by Crippen LogP contribution is 2.23. The van der Waals surface area contributed by atoms with Crippen LogP contribution in [0.5, 0.6) is 0 Å². The van der Waals surface area contributed by atoms with Gasteiger partial charge < -0.3 is 14.4 Å². The molecule has 0 radical (unpaired) electrons. The molecule has 1 aromatic heterocycles. The number of aliphatic hydroxyl groups excluding tert-OH is 1. The summed E-state index contributed by atoms with van der Waals surface area (Å²) in [5, 5.41) is 9.36. The summed E-state index contributed by atoms with van der Waals surface area (Å²) >= 11 is 0. The van der Waals surface area contributed by atoms with Crippen LogP contribution in [0.15, 0.2) is 63.8 Å². The molecule has 1 heterocycles. The minimum atomic E-state index is -0.554. The maximum absolute atomic E-state index is 12.7. The molecule has 3 rings (SSSR count). The van der Waals surface area contributed by atoms with Crippen molar-refractivity contribution >= 4 is 17.0 Å². The summed E-state index contributed by atoms with van der Waals surface area (Å²) < 4.78 is 6.50. The van der Waals surface area contributed by atoms with Gasteiger partial charge in [0.1, 0.15) is 6.54 Å². The van der Waals surface area contributed by atoms with Crippen LogP contribution < -0.4 is 5.76 Å². The summed E-state index contributed by atoms with van der Waals surface area (Å²) in [5.41, 5.74) is 1.99. The van der Waals surface area contributed by atoms with Crippen LogP contribution in [0, 0.1) is 0 Å². The van der Waals surface area contributed by atoms with E-state index in [0.29, 0.717) is 17.5 Å². The zero-order valence-electron chi connectivity index (χ0n) is 14.0. The number of hydrogen-bond acceptors (Lipinski definition) is 4. The van der Waals surface area contributed by atoms with Crippen LogP contribution in [0.1, 0.15) is 18.0 Å². The molecule has 1 amide bonds. The largest absolute Gasteiger partial charge is 0.420 e. The zero-order chi connectivity index (χ0) is 17.8. The second-order valence-corrected chi connectivity index (χ2v) is 5.87. The van der Waals surface area contributed by atoms with Crippen molar-refractivity contribution in [1.82, 2.24) is 9.47 Å². The molecule has 3 aromatic rings. The third kappa shape index (κ3) is 3.49.